The van der Waals surface area contributed by atoms with Gasteiger partial charge in [0.25, 0.3) is 0 Å². The van der Waals surface area contributed by atoms with Crippen LogP contribution in [0.2, 0.25) is 0 Å². The predicted octanol–water partition coefficient (Wildman–Crippen LogP) is 0.151. The number of nitrogens with one attached hydrogen (secondary N) is 1. The van der Waals surface area contributed by atoms with Gasteiger partial charge in [-0.25, -0.2) is 29.9 Å². The van der Waals surface area contributed by atoms with Crippen LogP contribution in [0.1, 0.15) is 59.8 Å². The molecule has 0 saturated carbocycles. The Morgan fingerprint density at radius 1 is 0.926 bits per heavy atom. The van der Waals surface area contributed by atoms with Gasteiger partial charge in [0.2, 0.25) is 0 Å². The zero-order valence-electron chi connectivity index (χ0n) is 30.4. The van der Waals surface area contributed by atoms with Gasteiger partial charge in [0.1, 0.15) is 37.0 Å². The van der Waals surface area contributed by atoms with Crippen molar-refractivity contribution in [2.45, 2.75) is 90.3 Å². The van der Waals surface area contributed by atoms with Crippen LogP contribution in [-0.2, 0) is 47.5 Å². The largest absolute Gasteiger partial charge is 0.463 e. The van der Waals surface area contributed by atoms with Crippen molar-refractivity contribution in [2.75, 3.05) is 37.8 Å². The Morgan fingerprint density at radius 3 is 2.31 bits per heavy atom. The fourth-order valence-electron chi connectivity index (χ4n) is 6.21. The monoisotopic (exact) mass is 751 g/mol. The van der Waals surface area contributed by atoms with E-state index in [9.17, 15) is 14.4 Å². The summed E-state index contributed by atoms with van der Waals surface area (Å²) in [4.78, 5) is 61.8. The number of aromatic nitrogens is 8. The number of nitrogens with zero attached hydrogens (tertiary/aromatic N) is 8. The third-order valence-corrected chi connectivity index (χ3v) is 8.37. The average Bonchev–Trinajstić information content (AvgIpc) is 3.78. The Bertz CT molecular complexity index is 2090. The van der Waals surface area contributed by atoms with E-state index in [1.54, 1.807) is 10.9 Å². The third-order valence-electron chi connectivity index (χ3n) is 8.37. The molecule has 2 saturated heterocycles. The quantitative estimate of drug-likeness (QED) is 0.0889. The van der Waals surface area contributed by atoms with E-state index in [-0.39, 0.29) is 48.4 Å². The van der Waals surface area contributed by atoms with Crippen LogP contribution in [0.4, 0.5) is 11.6 Å². The molecule has 2 aliphatic rings. The highest BCUT2D eigenvalue weighted by Crippen LogP contribution is 2.37. The van der Waals surface area contributed by atoms with Gasteiger partial charge in [-0.2, -0.15) is 0 Å². The van der Waals surface area contributed by atoms with Crippen LogP contribution in [0.3, 0.4) is 0 Å². The fraction of sp³-hybridized carbons (Fsp3) is 0.545. The summed E-state index contributed by atoms with van der Waals surface area (Å²) in [5, 5.41) is 3.27. The van der Waals surface area contributed by atoms with Crippen LogP contribution in [0.5, 0.6) is 0 Å². The van der Waals surface area contributed by atoms with E-state index in [0.29, 0.717) is 17.7 Å². The molecule has 21 heteroatoms. The number of anilines is 2. The zero-order chi connectivity index (χ0) is 38.7. The Hall–Kier alpha value is -5.53. The normalized spacial score (nSPS) is 25.3. The Morgan fingerprint density at radius 2 is 1.61 bits per heavy atom. The second-order valence-electron chi connectivity index (χ2n) is 13.0. The van der Waals surface area contributed by atoms with Crippen molar-refractivity contribution in [1.82, 2.24) is 44.4 Å². The topological polar surface area (TPSA) is 267 Å². The average molecular weight is 752 g/mol. The summed E-state index contributed by atoms with van der Waals surface area (Å²) >= 11 is 0. The minimum atomic E-state index is -1.21. The van der Waals surface area contributed by atoms with Gasteiger partial charge in [0, 0.05) is 27.3 Å². The molecule has 0 amide bonds. The molecule has 0 aromatic carbocycles. The predicted molar refractivity (Wildman–Crippen MR) is 185 cm³/mol. The maximum Gasteiger partial charge on any atom is 0.303 e. The van der Waals surface area contributed by atoms with Gasteiger partial charge in [0.15, 0.2) is 64.7 Å². The Labute approximate surface area is 308 Å². The third kappa shape index (κ3) is 8.32. The fourth-order valence-corrected chi connectivity index (χ4v) is 6.21. The van der Waals surface area contributed by atoms with E-state index in [4.69, 9.17) is 44.6 Å². The van der Waals surface area contributed by atoms with Crippen molar-refractivity contribution < 1.29 is 47.5 Å². The summed E-state index contributed by atoms with van der Waals surface area (Å²) in [6.45, 7) is 9.48. The number of hydrogen-bond acceptors (Lipinski definition) is 19. The summed E-state index contributed by atoms with van der Waals surface area (Å²) in [5.41, 5.74) is 13.5. The standard InChI is InChI=1S/C33H41N11O10/c1-16-31(43-15-41-23-27(34)37-13-39-29(23)43)52-20(11-49-33(5,6)54-16)10-36-9-7-8-22-42-24-28(35)38-14-40-30(24)44(22)32-26(51-19(4)47)25(50-18(3)46)21(53-32)12-48-17(2)45/h13-16,20-21,25-26,31-32,36H,9-12H2,1-6H3,(H2,34,37,39)(H2,35,38,40)/t16-,20?,21+,25-,26?,31+,32+/m0/s1. The van der Waals surface area contributed by atoms with Crippen LogP contribution in [0.25, 0.3) is 22.3 Å². The van der Waals surface area contributed by atoms with Gasteiger partial charge in [0.05, 0.1) is 25.6 Å². The number of carbonyl (C=O) groups excluding carboxylic acids is 3. The van der Waals surface area contributed by atoms with Crippen molar-refractivity contribution in [2.24, 2.45) is 0 Å². The maximum absolute atomic E-state index is 12.3. The van der Waals surface area contributed by atoms with Crippen LogP contribution in [-0.4, -0.2) is 120 Å². The number of nitrogens with two attached hydrogens (primary N) is 2. The number of nitrogen functional groups attached to an aromatic ring is 2. The molecule has 4 aromatic heterocycles. The summed E-state index contributed by atoms with van der Waals surface area (Å²) < 4.78 is 44.5. The van der Waals surface area contributed by atoms with E-state index in [1.807, 2.05) is 20.8 Å². The van der Waals surface area contributed by atoms with Crippen molar-refractivity contribution >= 4 is 51.9 Å². The second-order valence-corrected chi connectivity index (χ2v) is 13.0. The summed E-state index contributed by atoms with van der Waals surface area (Å²) in [6.07, 6.45) is -2.00. The summed E-state index contributed by atoms with van der Waals surface area (Å²) in [5.74, 6) is 3.62. The number of imidazole rings is 2. The lowest BCUT2D eigenvalue weighted by atomic mass is 10.1. The van der Waals surface area contributed by atoms with Crippen molar-refractivity contribution in [3.63, 3.8) is 0 Å². The highest BCUT2D eigenvalue weighted by Gasteiger charge is 2.51. The van der Waals surface area contributed by atoms with Gasteiger partial charge < -0.3 is 49.9 Å². The summed E-state index contributed by atoms with van der Waals surface area (Å²) in [7, 11) is 0. The van der Waals surface area contributed by atoms with Crippen molar-refractivity contribution in [1.29, 1.82) is 0 Å². The molecule has 0 aliphatic carbocycles. The molecule has 288 valence electrons. The minimum Gasteiger partial charge on any atom is -0.463 e. The van der Waals surface area contributed by atoms with Crippen molar-refractivity contribution in [3.05, 3.63) is 24.8 Å². The molecule has 0 bridgehead atoms. The van der Waals surface area contributed by atoms with Gasteiger partial charge in [-0.05, 0) is 26.7 Å². The molecule has 0 spiro atoms. The number of ether oxygens (including phenoxy) is 7. The number of hydrogen-bond donors (Lipinski definition) is 3. The number of esters is 3. The number of carbonyl (C=O) groups is 3. The lowest BCUT2D eigenvalue weighted by Gasteiger charge is -2.39. The smallest absolute Gasteiger partial charge is 0.303 e. The zero-order valence-corrected chi connectivity index (χ0v) is 30.4. The molecule has 4 aromatic rings. The second kappa shape index (κ2) is 15.8. The van der Waals surface area contributed by atoms with Gasteiger partial charge in [-0.15, -0.1) is 0 Å². The molecule has 2 fully saturated rings. The molecule has 2 unspecified atom stereocenters. The highest BCUT2D eigenvalue weighted by molar-refractivity contribution is 5.83. The molecule has 5 N–H and O–H groups in total. The Kier molecular flexibility index (Phi) is 11.2. The minimum absolute atomic E-state index is 0.0619. The van der Waals surface area contributed by atoms with Crippen LogP contribution in [0, 0.1) is 11.8 Å². The van der Waals surface area contributed by atoms with Crippen LogP contribution in [0.15, 0.2) is 19.0 Å². The molecular formula is C33H41N11O10. The molecule has 2 aliphatic heterocycles. The first-order valence-electron chi connectivity index (χ1n) is 16.9. The van der Waals surface area contributed by atoms with E-state index in [0.717, 1.165) is 0 Å². The first-order chi connectivity index (χ1) is 25.7. The summed E-state index contributed by atoms with van der Waals surface area (Å²) in [6, 6.07) is 0. The van der Waals surface area contributed by atoms with E-state index in [2.05, 4.69) is 47.1 Å². The Balaban J connectivity index is 1.25. The molecule has 54 heavy (non-hydrogen) atoms. The van der Waals surface area contributed by atoms with E-state index >= 15 is 0 Å². The lowest BCUT2D eigenvalue weighted by molar-refractivity contribution is -0.300. The van der Waals surface area contributed by atoms with E-state index < -0.39 is 66.7 Å². The number of rotatable bonds is 9. The van der Waals surface area contributed by atoms with Gasteiger partial charge in [-0.3, -0.25) is 23.5 Å². The maximum atomic E-state index is 12.3. The van der Waals surface area contributed by atoms with Gasteiger partial charge >= 0.3 is 17.9 Å². The van der Waals surface area contributed by atoms with Crippen LogP contribution >= 0.6 is 0 Å². The number of fused-ring (bicyclic) bond motifs is 2. The van der Waals surface area contributed by atoms with Crippen LogP contribution < -0.4 is 16.8 Å². The molecule has 6 rings (SSSR count). The molecule has 7 atom stereocenters. The van der Waals surface area contributed by atoms with Crippen molar-refractivity contribution in [3.8, 4) is 11.8 Å². The molecular weight excluding hydrogens is 710 g/mol. The first kappa shape index (κ1) is 38.2. The lowest BCUT2D eigenvalue weighted by Crippen LogP contribution is -2.46. The first-order valence-corrected chi connectivity index (χ1v) is 16.9. The SMILES string of the molecule is CC(=O)OC[C@H]1O[C@@H](n2c(C#CCNCC3COC(C)(C)O[C@@H](C)[C@H](n4cnc5c(N)ncnc54)O3)nc3c(N)ncnc32)C(OC(C)=O)[C@H]1OC(C)=O. The molecule has 0 radical (unpaired) electrons. The van der Waals surface area contributed by atoms with E-state index in [1.165, 1.54) is 38.0 Å². The van der Waals surface area contributed by atoms with Gasteiger partial charge in [-0.1, -0.05) is 5.92 Å². The highest BCUT2D eigenvalue weighted by atomic mass is 16.7. The molecule has 21 nitrogen and oxygen atoms in total. The molecule has 6 heterocycles.